The fourth-order valence-corrected chi connectivity index (χ4v) is 4.99. The van der Waals surface area contributed by atoms with Gasteiger partial charge in [0.2, 0.25) is 0 Å². The maximum Gasteiger partial charge on any atom is 0.0587 e. The normalized spacial score (nSPS) is 14.4. The summed E-state index contributed by atoms with van der Waals surface area (Å²) in [5.41, 5.74) is 6.11. The molecule has 2 atom stereocenters. The first kappa shape index (κ1) is 15.7. The van der Waals surface area contributed by atoms with E-state index in [0.29, 0.717) is 10.0 Å². The van der Waals surface area contributed by atoms with Crippen molar-refractivity contribution in [2.75, 3.05) is 0 Å². The van der Waals surface area contributed by atoms with Gasteiger partial charge in [-0.15, -0.1) is 23.1 Å². The summed E-state index contributed by atoms with van der Waals surface area (Å²) in [7, 11) is 0. The summed E-state index contributed by atoms with van der Waals surface area (Å²) in [6.07, 6.45) is 0. The third-order valence-electron chi connectivity index (χ3n) is 2.49. The highest BCUT2D eigenvalue weighted by Crippen LogP contribution is 2.43. The van der Waals surface area contributed by atoms with Gasteiger partial charge in [-0.3, -0.25) is 0 Å². The Balaban J connectivity index is 2.29. The molecule has 1 aromatic heterocycles. The molecular formula is C13H12BrCl2NS2. The lowest BCUT2D eigenvalue weighted by Crippen LogP contribution is -2.21. The lowest BCUT2D eigenvalue weighted by Gasteiger charge is -2.19. The Bertz CT molecular complexity index is 572. The van der Waals surface area contributed by atoms with Gasteiger partial charge >= 0.3 is 0 Å². The number of benzene rings is 1. The Hall–Kier alpha value is 0.290. The van der Waals surface area contributed by atoms with Crippen molar-refractivity contribution < 1.29 is 0 Å². The SMILES string of the molecule is CC(N)C(Sc1cc(Cl)ccc1Cl)c1cc(Br)cs1. The van der Waals surface area contributed by atoms with Gasteiger partial charge in [-0.25, -0.2) is 0 Å². The van der Waals surface area contributed by atoms with Crippen LogP contribution in [0.1, 0.15) is 17.1 Å². The van der Waals surface area contributed by atoms with E-state index in [4.69, 9.17) is 28.9 Å². The average molecular weight is 397 g/mol. The predicted octanol–water partition coefficient (Wildman–Crippen LogP) is 6.00. The molecule has 102 valence electrons. The van der Waals surface area contributed by atoms with Gasteiger partial charge in [-0.2, -0.15) is 0 Å². The summed E-state index contributed by atoms with van der Waals surface area (Å²) < 4.78 is 1.08. The summed E-state index contributed by atoms with van der Waals surface area (Å²) in [5.74, 6) is 0. The van der Waals surface area contributed by atoms with Gasteiger partial charge in [0.05, 0.1) is 10.3 Å². The summed E-state index contributed by atoms with van der Waals surface area (Å²) in [4.78, 5) is 2.18. The van der Waals surface area contributed by atoms with Gasteiger partial charge in [0.1, 0.15) is 0 Å². The quantitative estimate of drug-likeness (QED) is 0.641. The molecule has 1 heterocycles. The second kappa shape index (κ2) is 6.83. The molecule has 0 aliphatic carbocycles. The molecule has 0 fully saturated rings. The van der Waals surface area contributed by atoms with Crippen molar-refractivity contribution in [3.05, 3.63) is 49.0 Å². The Morgan fingerprint density at radius 3 is 2.63 bits per heavy atom. The molecule has 6 heteroatoms. The number of hydrogen-bond acceptors (Lipinski definition) is 3. The van der Waals surface area contributed by atoms with Gasteiger partial charge in [0.25, 0.3) is 0 Å². The molecule has 2 aromatic rings. The fraction of sp³-hybridized carbons (Fsp3) is 0.231. The summed E-state index contributed by atoms with van der Waals surface area (Å²) in [6.45, 7) is 2.00. The minimum atomic E-state index is 0.0191. The summed E-state index contributed by atoms with van der Waals surface area (Å²) in [6, 6.07) is 7.60. The fourth-order valence-electron chi connectivity index (χ4n) is 1.61. The van der Waals surface area contributed by atoms with Gasteiger partial charge in [0.15, 0.2) is 0 Å². The summed E-state index contributed by atoms with van der Waals surface area (Å²) >= 11 is 19.1. The van der Waals surface area contributed by atoms with Crippen molar-refractivity contribution in [2.24, 2.45) is 5.73 Å². The van der Waals surface area contributed by atoms with Gasteiger partial charge < -0.3 is 5.73 Å². The number of thiophene rings is 1. The number of thioether (sulfide) groups is 1. The van der Waals surface area contributed by atoms with Crippen LogP contribution in [0.2, 0.25) is 10.0 Å². The van der Waals surface area contributed by atoms with Gasteiger partial charge in [-0.05, 0) is 47.1 Å². The van der Waals surface area contributed by atoms with E-state index in [1.165, 1.54) is 4.88 Å². The molecular weight excluding hydrogens is 385 g/mol. The first-order valence-electron chi connectivity index (χ1n) is 5.58. The smallest absolute Gasteiger partial charge is 0.0587 e. The molecule has 0 spiro atoms. The third-order valence-corrected chi connectivity index (χ3v) is 6.62. The van der Waals surface area contributed by atoms with Gasteiger partial charge in [0, 0.05) is 30.7 Å². The lowest BCUT2D eigenvalue weighted by molar-refractivity contribution is 0.730. The van der Waals surface area contributed by atoms with Crippen LogP contribution in [0.4, 0.5) is 0 Å². The number of halogens is 3. The van der Waals surface area contributed by atoms with Crippen molar-refractivity contribution >= 4 is 62.2 Å². The second-order valence-corrected chi connectivity index (χ2v) is 8.03. The highest BCUT2D eigenvalue weighted by molar-refractivity contribution is 9.10. The highest BCUT2D eigenvalue weighted by Gasteiger charge is 2.21. The van der Waals surface area contributed by atoms with Crippen LogP contribution in [0.5, 0.6) is 0 Å². The zero-order valence-electron chi connectivity index (χ0n) is 10.1. The van der Waals surface area contributed by atoms with E-state index in [2.05, 4.69) is 27.4 Å². The van der Waals surface area contributed by atoms with Crippen molar-refractivity contribution in [2.45, 2.75) is 23.1 Å². The molecule has 0 aliphatic heterocycles. The molecule has 1 aromatic carbocycles. The number of hydrogen-bond donors (Lipinski definition) is 1. The highest BCUT2D eigenvalue weighted by atomic mass is 79.9. The van der Waals surface area contributed by atoms with Crippen molar-refractivity contribution in [3.63, 3.8) is 0 Å². The van der Waals surface area contributed by atoms with E-state index in [9.17, 15) is 0 Å². The Morgan fingerprint density at radius 2 is 2.05 bits per heavy atom. The van der Waals surface area contributed by atoms with E-state index in [0.717, 1.165) is 9.37 Å². The molecule has 19 heavy (non-hydrogen) atoms. The van der Waals surface area contributed by atoms with Crippen LogP contribution in [0.15, 0.2) is 39.0 Å². The first-order chi connectivity index (χ1) is 8.97. The largest absolute Gasteiger partial charge is 0.327 e. The van der Waals surface area contributed by atoms with E-state index >= 15 is 0 Å². The molecule has 0 amide bonds. The van der Waals surface area contributed by atoms with E-state index in [1.807, 2.05) is 19.1 Å². The molecule has 0 radical (unpaired) electrons. The molecule has 0 saturated carbocycles. The standard InChI is InChI=1S/C13H12BrCl2NS2/c1-7(17)13(12-4-8(14)6-18-12)19-11-5-9(15)2-3-10(11)16/h2-7,13H,17H2,1H3. The van der Waals surface area contributed by atoms with Crippen LogP contribution in [0, 0.1) is 0 Å². The Labute approximate surface area is 139 Å². The molecule has 0 saturated heterocycles. The Kier molecular flexibility index (Phi) is 5.64. The lowest BCUT2D eigenvalue weighted by atomic mass is 10.2. The minimum Gasteiger partial charge on any atom is -0.327 e. The minimum absolute atomic E-state index is 0.0191. The first-order valence-corrected chi connectivity index (χ1v) is 8.89. The predicted molar refractivity (Wildman–Crippen MR) is 90.7 cm³/mol. The second-order valence-electron chi connectivity index (χ2n) is 4.14. The van der Waals surface area contributed by atoms with E-state index in [-0.39, 0.29) is 11.3 Å². The van der Waals surface area contributed by atoms with Gasteiger partial charge in [-0.1, -0.05) is 23.2 Å². The maximum absolute atomic E-state index is 6.21. The zero-order chi connectivity index (χ0) is 14.0. The Morgan fingerprint density at radius 1 is 1.32 bits per heavy atom. The molecule has 2 rings (SSSR count). The van der Waals surface area contributed by atoms with Crippen molar-refractivity contribution in [1.29, 1.82) is 0 Å². The van der Waals surface area contributed by atoms with E-state index in [1.54, 1.807) is 29.2 Å². The molecule has 2 unspecified atom stereocenters. The van der Waals surface area contributed by atoms with Crippen LogP contribution in [-0.2, 0) is 0 Å². The summed E-state index contributed by atoms with van der Waals surface area (Å²) in [5, 5.41) is 3.61. The average Bonchev–Trinajstić information content (AvgIpc) is 2.76. The van der Waals surface area contributed by atoms with E-state index < -0.39 is 0 Å². The number of rotatable bonds is 4. The van der Waals surface area contributed by atoms with Crippen LogP contribution >= 0.6 is 62.2 Å². The maximum atomic E-state index is 6.21. The zero-order valence-corrected chi connectivity index (χ0v) is 14.8. The number of nitrogens with two attached hydrogens (primary N) is 1. The molecule has 1 nitrogen and oxygen atoms in total. The monoisotopic (exact) mass is 395 g/mol. The molecule has 0 aliphatic rings. The molecule has 0 bridgehead atoms. The van der Waals surface area contributed by atoms with Crippen LogP contribution in [0.25, 0.3) is 0 Å². The van der Waals surface area contributed by atoms with Crippen LogP contribution in [0.3, 0.4) is 0 Å². The van der Waals surface area contributed by atoms with Crippen LogP contribution < -0.4 is 5.73 Å². The van der Waals surface area contributed by atoms with Crippen molar-refractivity contribution in [3.8, 4) is 0 Å². The van der Waals surface area contributed by atoms with Crippen LogP contribution in [-0.4, -0.2) is 6.04 Å². The molecule has 2 N–H and O–H groups in total. The van der Waals surface area contributed by atoms with Crippen molar-refractivity contribution in [1.82, 2.24) is 0 Å². The topological polar surface area (TPSA) is 26.0 Å². The third kappa shape index (κ3) is 4.13.